The molecule has 27 heavy (non-hydrogen) atoms. The van der Waals surface area contributed by atoms with Crippen molar-refractivity contribution in [1.29, 1.82) is 0 Å². The number of rotatable bonds is 5. The molecule has 0 radical (unpaired) electrons. The van der Waals surface area contributed by atoms with Crippen LogP contribution in [0.15, 0.2) is 44.7 Å². The molecule has 0 bridgehead atoms. The third-order valence-electron chi connectivity index (χ3n) is 3.93. The van der Waals surface area contributed by atoms with E-state index in [0.717, 1.165) is 12.8 Å². The van der Waals surface area contributed by atoms with Gasteiger partial charge in [0.1, 0.15) is 17.1 Å². The average Bonchev–Trinajstić information content (AvgIpc) is 2.98. The molecule has 9 heteroatoms. The van der Waals surface area contributed by atoms with Crippen LogP contribution in [0.1, 0.15) is 31.7 Å². The Hall–Kier alpha value is -2.22. The highest BCUT2D eigenvalue weighted by Gasteiger charge is 2.18. The highest BCUT2D eigenvalue weighted by atomic mass is 35.5. The number of amidine groups is 1. The van der Waals surface area contributed by atoms with E-state index in [1.54, 1.807) is 24.3 Å². The second kappa shape index (κ2) is 8.21. The number of halogens is 2. The standard InChI is InChI=1S/C18H16Cl2N4O2S/c1-2-3-4-14-21-13(15(20)22-14)9-12-16(25)23-18(27)24(17(12)26)11-7-5-10(19)6-8-11/h5-9,26H,2-4H2,1H3,(H,23,25,27). The number of nitrogens with one attached hydrogen (secondary N) is 1. The van der Waals surface area contributed by atoms with Gasteiger partial charge in [0.25, 0.3) is 5.56 Å². The van der Waals surface area contributed by atoms with Gasteiger partial charge < -0.3 is 5.11 Å². The van der Waals surface area contributed by atoms with Gasteiger partial charge in [0.15, 0.2) is 9.94 Å². The van der Waals surface area contributed by atoms with Crippen LogP contribution in [0, 0.1) is 4.77 Å². The van der Waals surface area contributed by atoms with Gasteiger partial charge in [-0.1, -0.05) is 36.5 Å². The van der Waals surface area contributed by atoms with Crippen LogP contribution in [-0.2, 0) is 0 Å². The van der Waals surface area contributed by atoms with Crippen LogP contribution in [-0.4, -0.2) is 25.7 Å². The van der Waals surface area contributed by atoms with Gasteiger partial charge in [0, 0.05) is 11.4 Å². The SMILES string of the molecule is CCCCC1=NC(=Cc2c(O)n(-c3ccc(Cl)cc3)c(=S)[nH]c2=O)C(Cl)=N1. The predicted octanol–water partition coefficient (Wildman–Crippen LogP) is 4.83. The Bertz CT molecular complexity index is 1080. The minimum atomic E-state index is -0.545. The Labute approximate surface area is 170 Å². The lowest BCUT2D eigenvalue weighted by Gasteiger charge is -2.11. The summed E-state index contributed by atoms with van der Waals surface area (Å²) >= 11 is 17.2. The summed E-state index contributed by atoms with van der Waals surface area (Å²) in [4.78, 5) is 23.4. The summed E-state index contributed by atoms with van der Waals surface area (Å²) in [6.45, 7) is 2.07. The number of unbranched alkanes of at least 4 members (excludes halogenated alkanes) is 1. The molecule has 0 atom stereocenters. The number of hydrogen-bond acceptors (Lipinski definition) is 5. The van der Waals surface area contributed by atoms with Gasteiger partial charge in [-0.25, -0.2) is 9.98 Å². The molecular weight excluding hydrogens is 407 g/mol. The van der Waals surface area contributed by atoms with Gasteiger partial charge in [-0.3, -0.25) is 14.3 Å². The monoisotopic (exact) mass is 422 g/mol. The second-order valence-corrected chi connectivity index (χ2v) is 7.05. The molecule has 140 valence electrons. The smallest absolute Gasteiger partial charge is 0.262 e. The first-order valence-electron chi connectivity index (χ1n) is 8.28. The van der Waals surface area contributed by atoms with Crippen LogP contribution in [0.4, 0.5) is 0 Å². The van der Waals surface area contributed by atoms with Crippen LogP contribution in [0.25, 0.3) is 11.8 Å². The Morgan fingerprint density at radius 2 is 1.96 bits per heavy atom. The maximum absolute atomic E-state index is 12.4. The molecule has 2 heterocycles. The van der Waals surface area contributed by atoms with Gasteiger partial charge in [0.05, 0.1) is 5.69 Å². The maximum Gasteiger partial charge on any atom is 0.262 e. The summed E-state index contributed by atoms with van der Waals surface area (Å²) in [6.07, 6.45) is 4.04. The summed E-state index contributed by atoms with van der Waals surface area (Å²) in [5.41, 5.74) is 0.318. The molecule has 1 aliphatic rings. The van der Waals surface area contributed by atoms with Crippen molar-refractivity contribution in [1.82, 2.24) is 9.55 Å². The molecule has 0 aliphatic carbocycles. The number of allylic oxidation sites excluding steroid dienone is 1. The van der Waals surface area contributed by atoms with E-state index in [0.29, 0.717) is 28.7 Å². The van der Waals surface area contributed by atoms with Gasteiger partial charge in [-0.05, 0) is 49.0 Å². The molecule has 0 spiro atoms. The van der Waals surface area contributed by atoms with Crippen LogP contribution in [0.5, 0.6) is 5.88 Å². The molecule has 0 fully saturated rings. The van der Waals surface area contributed by atoms with Crippen molar-refractivity contribution >= 4 is 52.5 Å². The van der Waals surface area contributed by atoms with E-state index in [9.17, 15) is 9.90 Å². The molecule has 1 aromatic carbocycles. The zero-order chi connectivity index (χ0) is 19.6. The Morgan fingerprint density at radius 3 is 2.63 bits per heavy atom. The van der Waals surface area contributed by atoms with Gasteiger partial charge in [-0.15, -0.1) is 0 Å². The second-order valence-electron chi connectivity index (χ2n) is 5.87. The number of H-pyrrole nitrogens is 1. The van der Waals surface area contributed by atoms with E-state index in [1.165, 1.54) is 10.6 Å². The first-order valence-corrected chi connectivity index (χ1v) is 9.45. The Morgan fingerprint density at radius 1 is 1.26 bits per heavy atom. The van der Waals surface area contributed by atoms with E-state index in [-0.39, 0.29) is 21.4 Å². The summed E-state index contributed by atoms with van der Waals surface area (Å²) in [7, 11) is 0. The molecule has 6 nitrogen and oxygen atoms in total. The largest absolute Gasteiger partial charge is 0.494 e. The van der Waals surface area contributed by atoms with Crippen molar-refractivity contribution in [2.24, 2.45) is 9.98 Å². The minimum Gasteiger partial charge on any atom is -0.494 e. The molecule has 0 saturated heterocycles. The molecular formula is C18H16Cl2N4O2S. The molecule has 0 saturated carbocycles. The van der Waals surface area contributed by atoms with Crippen LogP contribution in [0.3, 0.4) is 0 Å². The number of aliphatic imine (C=N–C) groups is 2. The number of hydrogen-bond donors (Lipinski definition) is 2. The van der Waals surface area contributed by atoms with E-state index < -0.39 is 5.56 Å². The van der Waals surface area contributed by atoms with E-state index in [1.807, 2.05) is 0 Å². The Kier molecular flexibility index (Phi) is 5.94. The van der Waals surface area contributed by atoms with Crippen LogP contribution in [0.2, 0.25) is 5.02 Å². The first-order chi connectivity index (χ1) is 12.9. The van der Waals surface area contributed by atoms with Crippen molar-refractivity contribution in [3.05, 3.63) is 55.7 Å². The third-order valence-corrected chi connectivity index (χ3v) is 4.74. The third kappa shape index (κ3) is 4.21. The fourth-order valence-corrected chi connectivity index (χ4v) is 3.16. The molecule has 0 amide bonds. The lowest BCUT2D eigenvalue weighted by atomic mass is 10.2. The number of aromatic hydroxyl groups is 1. The lowest BCUT2D eigenvalue weighted by molar-refractivity contribution is 0.432. The van der Waals surface area contributed by atoms with Crippen molar-refractivity contribution < 1.29 is 5.11 Å². The van der Waals surface area contributed by atoms with E-state index >= 15 is 0 Å². The van der Waals surface area contributed by atoms with Crippen molar-refractivity contribution in [2.45, 2.75) is 26.2 Å². The van der Waals surface area contributed by atoms with E-state index in [4.69, 9.17) is 35.4 Å². The van der Waals surface area contributed by atoms with Crippen LogP contribution >= 0.6 is 35.4 Å². The molecule has 3 rings (SSSR count). The van der Waals surface area contributed by atoms with Gasteiger partial charge in [-0.2, -0.15) is 0 Å². The fraction of sp³-hybridized carbons (Fsp3) is 0.222. The number of nitrogens with zero attached hydrogens (tertiary/aromatic N) is 3. The minimum absolute atomic E-state index is 0.0117. The first kappa shape index (κ1) is 19.5. The zero-order valence-corrected chi connectivity index (χ0v) is 16.7. The molecule has 1 aromatic heterocycles. The molecule has 1 aliphatic heterocycles. The number of aromatic amines is 1. The van der Waals surface area contributed by atoms with Gasteiger partial charge >= 0.3 is 0 Å². The number of benzene rings is 1. The van der Waals surface area contributed by atoms with Crippen molar-refractivity contribution in [2.75, 3.05) is 0 Å². The Balaban J connectivity index is 2.10. The van der Waals surface area contributed by atoms with Gasteiger partial charge in [0.2, 0.25) is 5.88 Å². The van der Waals surface area contributed by atoms with E-state index in [2.05, 4.69) is 21.9 Å². The molecule has 0 unspecified atom stereocenters. The summed E-state index contributed by atoms with van der Waals surface area (Å²) in [5.74, 6) is 0.287. The normalized spacial score (nSPS) is 15.1. The predicted molar refractivity (Wildman–Crippen MR) is 112 cm³/mol. The highest BCUT2D eigenvalue weighted by Crippen LogP contribution is 2.25. The molecule has 2 aromatic rings. The summed E-state index contributed by atoms with van der Waals surface area (Å²) in [5, 5.41) is 11.4. The van der Waals surface area contributed by atoms with Crippen molar-refractivity contribution in [3.63, 3.8) is 0 Å². The summed E-state index contributed by atoms with van der Waals surface area (Å²) in [6, 6.07) is 6.68. The fourth-order valence-electron chi connectivity index (χ4n) is 2.55. The van der Waals surface area contributed by atoms with Crippen molar-refractivity contribution in [3.8, 4) is 11.6 Å². The number of aromatic nitrogens is 2. The van der Waals surface area contributed by atoms with Crippen LogP contribution < -0.4 is 5.56 Å². The zero-order valence-electron chi connectivity index (χ0n) is 14.4. The highest BCUT2D eigenvalue weighted by molar-refractivity contribution is 7.71. The lowest BCUT2D eigenvalue weighted by Crippen LogP contribution is -2.16. The molecule has 2 N–H and O–H groups in total. The quantitative estimate of drug-likeness (QED) is 0.676. The topological polar surface area (TPSA) is 82.7 Å². The summed E-state index contributed by atoms with van der Waals surface area (Å²) < 4.78 is 1.39. The average molecular weight is 423 g/mol. The maximum atomic E-state index is 12.4.